The number of hydrogen-bond acceptors (Lipinski definition) is 7. The van der Waals surface area contributed by atoms with E-state index >= 15 is 0 Å². The van der Waals surface area contributed by atoms with Crippen LogP contribution in [-0.2, 0) is 22.5 Å². The van der Waals surface area contributed by atoms with E-state index in [1.807, 2.05) is 11.8 Å². The summed E-state index contributed by atoms with van der Waals surface area (Å²) in [6.45, 7) is 7.40. The number of piperazine rings is 1. The minimum atomic E-state index is -0.642. The summed E-state index contributed by atoms with van der Waals surface area (Å²) in [6, 6.07) is 0. The zero-order valence-electron chi connectivity index (χ0n) is 14.6. The first-order chi connectivity index (χ1) is 11.7. The van der Waals surface area contributed by atoms with Crippen molar-refractivity contribution >= 4 is 5.91 Å². The third kappa shape index (κ3) is 3.60. The van der Waals surface area contributed by atoms with Gasteiger partial charge in [0.2, 0.25) is 5.89 Å². The molecule has 1 N–H and O–H groups in total. The van der Waals surface area contributed by atoms with E-state index in [2.05, 4.69) is 20.4 Å². The average Bonchev–Trinajstić information content (AvgIpc) is 3.10. The van der Waals surface area contributed by atoms with Gasteiger partial charge in [0.1, 0.15) is 5.60 Å². The maximum absolute atomic E-state index is 12.9. The van der Waals surface area contributed by atoms with Crippen molar-refractivity contribution in [1.82, 2.24) is 25.3 Å². The first-order valence-electron chi connectivity index (χ1n) is 8.76. The van der Waals surface area contributed by atoms with Crippen LogP contribution in [0.1, 0.15) is 31.5 Å². The molecule has 0 aliphatic carbocycles. The quantitative estimate of drug-likeness (QED) is 0.812. The minimum absolute atomic E-state index is 0.138. The Bertz CT molecular complexity index is 548. The Kier molecular flexibility index (Phi) is 5.47. The Labute approximate surface area is 142 Å². The number of piperidine rings is 1. The molecule has 0 radical (unpaired) electrons. The van der Waals surface area contributed by atoms with Crippen LogP contribution in [-0.4, -0.2) is 77.8 Å². The van der Waals surface area contributed by atoms with E-state index < -0.39 is 5.60 Å². The lowest BCUT2D eigenvalue weighted by Gasteiger charge is -2.42. The van der Waals surface area contributed by atoms with Gasteiger partial charge < -0.3 is 19.5 Å². The van der Waals surface area contributed by atoms with Gasteiger partial charge in [0.15, 0.2) is 5.82 Å². The van der Waals surface area contributed by atoms with Gasteiger partial charge in [-0.05, 0) is 25.9 Å². The lowest BCUT2D eigenvalue weighted by Crippen LogP contribution is -2.59. The normalized spacial score (nSPS) is 21.8. The molecule has 3 rings (SSSR count). The topological polar surface area (TPSA) is 83.7 Å². The number of methoxy groups -OCH3 is 1. The van der Waals surface area contributed by atoms with Crippen LogP contribution in [0.25, 0.3) is 0 Å². The second-order valence-corrected chi connectivity index (χ2v) is 6.47. The predicted molar refractivity (Wildman–Crippen MR) is 87.4 cm³/mol. The molecule has 2 saturated heterocycles. The second-order valence-electron chi connectivity index (χ2n) is 6.47. The van der Waals surface area contributed by atoms with Crippen LogP contribution in [0.2, 0.25) is 0 Å². The number of nitrogens with one attached hydrogen (secondary N) is 1. The molecule has 3 heterocycles. The molecule has 1 amide bonds. The highest BCUT2D eigenvalue weighted by Crippen LogP contribution is 2.25. The van der Waals surface area contributed by atoms with Gasteiger partial charge in [-0.1, -0.05) is 12.1 Å². The van der Waals surface area contributed by atoms with Crippen molar-refractivity contribution in [2.24, 2.45) is 0 Å². The fourth-order valence-electron chi connectivity index (χ4n) is 3.43. The number of carbonyl (C=O) groups excluding carboxylic acids is 1. The Morgan fingerprint density at radius 1 is 1.29 bits per heavy atom. The van der Waals surface area contributed by atoms with Gasteiger partial charge in [-0.25, -0.2) is 0 Å². The standard InChI is InChI=1S/C16H27N5O3/c1-3-14-18-13(19-24-14)12-20-8-10-21(11-9-20)15(22)16(23-2)4-6-17-7-5-16/h17H,3-12H2,1-2H3. The van der Waals surface area contributed by atoms with Crippen LogP contribution in [0.15, 0.2) is 4.52 Å². The molecule has 8 nitrogen and oxygen atoms in total. The molecule has 0 unspecified atom stereocenters. The summed E-state index contributed by atoms with van der Waals surface area (Å²) in [5.41, 5.74) is -0.642. The summed E-state index contributed by atoms with van der Waals surface area (Å²) < 4.78 is 10.8. The molecule has 2 aliphatic rings. The molecule has 1 aromatic heterocycles. The number of aryl methyl sites for hydroxylation is 1. The highest BCUT2D eigenvalue weighted by atomic mass is 16.5. The highest BCUT2D eigenvalue weighted by Gasteiger charge is 2.42. The summed E-state index contributed by atoms with van der Waals surface area (Å²) in [7, 11) is 1.65. The zero-order valence-corrected chi connectivity index (χ0v) is 14.6. The average molecular weight is 337 g/mol. The van der Waals surface area contributed by atoms with Crippen LogP contribution in [0.5, 0.6) is 0 Å². The first kappa shape index (κ1) is 17.3. The number of rotatable bonds is 5. The Hall–Kier alpha value is -1.51. The molecular formula is C16H27N5O3. The molecule has 0 atom stereocenters. The third-order valence-corrected chi connectivity index (χ3v) is 5.03. The predicted octanol–water partition coefficient (Wildman–Crippen LogP) is 0.0448. The number of carbonyl (C=O) groups is 1. The summed E-state index contributed by atoms with van der Waals surface area (Å²) in [5, 5.41) is 7.29. The number of hydrogen-bond donors (Lipinski definition) is 1. The van der Waals surface area contributed by atoms with Crippen molar-refractivity contribution in [2.75, 3.05) is 46.4 Å². The van der Waals surface area contributed by atoms with Crippen LogP contribution in [0.3, 0.4) is 0 Å². The molecule has 134 valence electrons. The Morgan fingerprint density at radius 2 is 2.00 bits per heavy atom. The number of ether oxygens (including phenoxy) is 1. The van der Waals surface area contributed by atoms with Gasteiger partial charge >= 0.3 is 0 Å². The molecular weight excluding hydrogens is 310 g/mol. The minimum Gasteiger partial charge on any atom is -0.368 e. The summed E-state index contributed by atoms with van der Waals surface area (Å²) in [5.74, 6) is 1.53. The number of amides is 1. The van der Waals surface area contributed by atoms with Gasteiger partial charge in [0.05, 0.1) is 6.54 Å². The van der Waals surface area contributed by atoms with Crippen LogP contribution >= 0.6 is 0 Å². The van der Waals surface area contributed by atoms with E-state index in [1.165, 1.54) is 0 Å². The maximum atomic E-state index is 12.9. The maximum Gasteiger partial charge on any atom is 0.254 e. The smallest absolute Gasteiger partial charge is 0.254 e. The molecule has 0 saturated carbocycles. The molecule has 0 spiro atoms. The van der Waals surface area contributed by atoms with Crippen molar-refractivity contribution in [1.29, 1.82) is 0 Å². The van der Waals surface area contributed by atoms with Crippen molar-refractivity contribution < 1.29 is 14.1 Å². The molecule has 0 bridgehead atoms. The van der Waals surface area contributed by atoms with Crippen molar-refractivity contribution in [3.63, 3.8) is 0 Å². The largest absolute Gasteiger partial charge is 0.368 e. The molecule has 2 aliphatic heterocycles. The summed E-state index contributed by atoms with van der Waals surface area (Å²) in [6.07, 6.45) is 2.24. The van der Waals surface area contributed by atoms with Crippen molar-refractivity contribution in [3.8, 4) is 0 Å². The lowest BCUT2D eigenvalue weighted by atomic mass is 9.90. The molecule has 24 heavy (non-hydrogen) atoms. The van der Waals surface area contributed by atoms with Crippen LogP contribution < -0.4 is 5.32 Å². The van der Waals surface area contributed by atoms with E-state index in [4.69, 9.17) is 9.26 Å². The molecule has 2 fully saturated rings. The zero-order chi connectivity index (χ0) is 17.0. The Morgan fingerprint density at radius 3 is 2.58 bits per heavy atom. The Balaban J connectivity index is 1.53. The van der Waals surface area contributed by atoms with Crippen molar-refractivity contribution in [2.45, 2.75) is 38.3 Å². The van der Waals surface area contributed by atoms with Gasteiger partial charge in [-0.3, -0.25) is 9.69 Å². The fraction of sp³-hybridized carbons (Fsp3) is 0.812. The van der Waals surface area contributed by atoms with Gasteiger partial charge in [-0.2, -0.15) is 4.98 Å². The summed E-state index contributed by atoms with van der Waals surface area (Å²) >= 11 is 0. The van der Waals surface area contributed by atoms with Gasteiger partial charge in [-0.15, -0.1) is 0 Å². The number of aromatic nitrogens is 2. The highest BCUT2D eigenvalue weighted by molar-refractivity contribution is 5.85. The molecule has 1 aromatic rings. The van der Waals surface area contributed by atoms with Crippen LogP contribution in [0, 0.1) is 0 Å². The first-order valence-corrected chi connectivity index (χ1v) is 8.76. The monoisotopic (exact) mass is 337 g/mol. The number of nitrogens with zero attached hydrogens (tertiary/aromatic N) is 4. The SMILES string of the molecule is CCc1nc(CN2CCN(C(=O)C3(OC)CCNCC3)CC2)no1. The van der Waals surface area contributed by atoms with E-state index in [1.54, 1.807) is 7.11 Å². The van der Waals surface area contributed by atoms with E-state index in [-0.39, 0.29) is 5.91 Å². The van der Waals surface area contributed by atoms with Crippen molar-refractivity contribution in [3.05, 3.63) is 11.7 Å². The van der Waals surface area contributed by atoms with E-state index in [9.17, 15) is 4.79 Å². The van der Waals surface area contributed by atoms with Gasteiger partial charge in [0.25, 0.3) is 5.91 Å². The van der Waals surface area contributed by atoms with Crippen LogP contribution in [0.4, 0.5) is 0 Å². The van der Waals surface area contributed by atoms with E-state index in [0.29, 0.717) is 12.4 Å². The molecule has 8 heteroatoms. The molecule has 0 aromatic carbocycles. The second kappa shape index (κ2) is 7.58. The summed E-state index contributed by atoms with van der Waals surface area (Å²) in [4.78, 5) is 21.5. The lowest BCUT2D eigenvalue weighted by molar-refractivity contribution is -0.160. The third-order valence-electron chi connectivity index (χ3n) is 5.03. The van der Waals surface area contributed by atoms with Gasteiger partial charge in [0, 0.05) is 39.7 Å². The van der Waals surface area contributed by atoms with E-state index in [0.717, 1.165) is 64.4 Å². The fourth-order valence-corrected chi connectivity index (χ4v) is 3.43.